The molecule has 4 heteroatoms. The Labute approximate surface area is 107 Å². The van der Waals surface area contributed by atoms with E-state index >= 15 is 0 Å². The van der Waals surface area contributed by atoms with Gasteiger partial charge in [0.25, 0.3) is 0 Å². The Morgan fingerprint density at radius 3 is 2.71 bits per heavy atom. The van der Waals surface area contributed by atoms with Gasteiger partial charge >= 0.3 is 0 Å². The largest absolute Gasteiger partial charge is 0.497 e. The first kappa shape index (κ1) is 10.5. The van der Waals surface area contributed by atoms with Crippen LogP contribution in [0.2, 0.25) is 0 Å². The molecule has 86 valence electrons. The van der Waals surface area contributed by atoms with Crippen LogP contribution in [0, 0.1) is 0 Å². The van der Waals surface area contributed by atoms with Gasteiger partial charge in [0.2, 0.25) is 0 Å². The first-order chi connectivity index (χ1) is 8.29. The Kier molecular flexibility index (Phi) is 2.44. The van der Waals surface area contributed by atoms with E-state index in [0.29, 0.717) is 0 Å². The van der Waals surface area contributed by atoms with Crippen molar-refractivity contribution in [2.45, 2.75) is 0 Å². The molecular formula is C13H11BrN2O. The second-order valence-corrected chi connectivity index (χ2v) is 4.69. The van der Waals surface area contributed by atoms with Gasteiger partial charge in [-0.3, -0.25) is 0 Å². The summed E-state index contributed by atoms with van der Waals surface area (Å²) in [4.78, 5) is 6.35. The van der Waals surface area contributed by atoms with Gasteiger partial charge in [-0.25, -0.2) is 0 Å². The highest BCUT2D eigenvalue weighted by molar-refractivity contribution is 9.10. The molecule has 2 aromatic heterocycles. The predicted octanol–water partition coefficient (Wildman–Crippen LogP) is 3.93. The number of H-pyrrole nitrogens is 2. The summed E-state index contributed by atoms with van der Waals surface area (Å²) in [6, 6.07) is 6.02. The van der Waals surface area contributed by atoms with Gasteiger partial charge < -0.3 is 14.7 Å². The Morgan fingerprint density at radius 1 is 1.12 bits per heavy atom. The highest BCUT2D eigenvalue weighted by atomic mass is 79.9. The predicted molar refractivity (Wildman–Crippen MR) is 72.3 cm³/mol. The molecule has 3 nitrogen and oxygen atoms in total. The van der Waals surface area contributed by atoms with Gasteiger partial charge in [0.05, 0.1) is 7.11 Å². The van der Waals surface area contributed by atoms with E-state index in [1.54, 1.807) is 7.11 Å². The summed E-state index contributed by atoms with van der Waals surface area (Å²) in [7, 11) is 1.68. The van der Waals surface area contributed by atoms with Gasteiger partial charge in [-0.05, 0) is 34.1 Å². The monoisotopic (exact) mass is 290 g/mol. The number of hydrogen-bond acceptors (Lipinski definition) is 1. The number of ether oxygens (including phenoxy) is 1. The maximum Gasteiger partial charge on any atom is 0.119 e. The van der Waals surface area contributed by atoms with E-state index in [-0.39, 0.29) is 0 Å². The van der Waals surface area contributed by atoms with Gasteiger partial charge in [-0.2, -0.15) is 0 Å². The van der Waals surface area contributed by atoms with Gasteiger partial charge in [0.15, 0.2) is 0 Å². The fourth-order valence-corrected chi connectivity index (χ4v) is 2.46. The van der Waals surface area contributed by atoms with Crippen molar-refractivity contribution in [2.75, 3.05) is 7.11 Å². The van der Waals surface area contributed by atoms with Crippen molar-refractivity contribution >= 4 is 26.8 Å². The Bertz CT molecular complexity index is 669. The minimum absolute atomic E-state index is 0.866. The number of rotatable bonds is 2. The van der Waals surface area contributed by atoms with E-state index in [1.807, 2.05) is 36.8 Å². The molecule has 17 heavy (non-hydrogen) atoms. The molecular weight excluding hydrogens is 280 g/mol. The number of fused-ring (bicyclic) bond motifs is 1. The zero-order chi connectivity index (χ0) is 11.8. The van der Waals surface area contributed by atoms with Crippen LogP contribution in [-0.2, 0) is 0 Å². The van der Waals surface area contributed by atoms with E-state index in [2.05, 4.69) is 25.9 Å². The minimum atomic E-state index is 0.866. The first-order valence-electron chi connectivity index (χ1n) is 5.27. The van der Waals surface area contributed by atoms with Crippen molar-refractivity contribution in [1.29, 1.82) is 0 Å². The summed E-state index contributed by atoms with van der Waals surface area (Å²) in [5, 5.41) is 1.16. The molecule has 0 fully saturated rings. The fraction of sp³-hybridized carbons (Fsp3) is 0.0769. The van der Waals surface area contributed by atoms with E-state index in [9.17, 15) is 0 Å². The standard InChI is InChI=1S/C13H11BrN2O/c1-17-8-2-3-13-9(4-8)10(6-16-13)11-5-15-7-12(11)14/h2-7,15-16H,1H3. The van der Waals surface area contributed by atoms with Gasteiger partial charge in [-0.15, -0.1) is 0 Å². The molecule has 3 aromatic rings. The molecule has 0 aliphatic carbocycles. The van der Waals surface area contributed by atoms with Crippen molar-refractivity contribution in [3.8, 4) is 16.9 Å². The quantitative estimate of drug-likeness (QED) is 0.738. The van der Waals surface area contributed by atoms with Gasteiger partial charge in [0.1, 0.15) is 5.75 Å². The molecule has 0 amide bonds. The lowest BCUT2D eigenvalue weighted by Crippen LogP contribution is -1.81. The number of benzene rings is 1. The van der Waals surface area contributed by atoms with Crippen LogP contribution >= 0.6 is 15.9 Å². The Hall–Kier alpha value is -1.68. The molecule has 1 aromatic carbocycles. The van der Waals surface area contributed by atoms with Crippen LogP contribution in [-0.4, -0.2) is 17.1 Å². The zero-order valence-corrected chi connectivity index (χ0v) is 10.8. The normalized spacial score (nSPS) is 10.9. The third-order valence-electron chi connectivity index (χ3n) is 2.87. The molecule has 0 bridgehead atoms. The van der Waals surface area contributed by atoms with Crippen molar-refractivity contribution in [3.05, 3.63) is 41.3 Å². The van der Waals surface area contributed by atoms with Crippen LogP contribution in [0.15, 0.2) is 41.3 Å². The topological polar surface area (TPSA) is 40.8 Å². The smallest absolute Gasteiger partial charge is 0.119 e. The van der Waals surface area contributed by atoms with Crippen LogP contribution in [0.1, 0.15) is 0 Å². The molecule has 2 heterocycles. The molecule has 0 unspecified atom stereocenters. The average Bonchev–Trinajstić information content (AvgIpc) is 2.94. The second-order valence-electron chi connectivity index (χ2n) is 3.83. The lowest BCUT2D eigenvalue weighted by atomic mass is 10.1. The van der Waals surface area contributed by atoms with Crippen LogP contribution in [0.5, 0.6) is 5.75 Å². The number of aromatic amines is 2. The maximum atomic E-state index is 5.26. The van der Waals surface area contributed by atoms with Crippen molar-refractivity contribution < 1.29 is 4.74 Å². The van der Waals surface area contributed by atoms with Crippen LogP contribution < -0.4 is 4.74 Å². The maximum absolute atomic E-state index is 5.26. The molecule has 0 aliphatic rings. The average molecular weight is 291 g/mol. The highest BCUT2D eigenvalue weighted by Crippen LogP contribution is 2.34. The van der Waals surface area contributed by atoms with E-state index in [4.69, 9.17) is 4.74 Å². The summed E-state index contributed by atoms with van der Waals surface area (Å²) in [6.45, 7) is 0. The lowest BCUT2D eigenvalue weighted by Gasteiger charge is -2.01. The number of aromatic nitrogens is 2. The van der Waals surface area contributed by atoms with Gasteiger partial charge in [-0.1, -0.05) is 0 Å². The zero-order valence-electron chi connectivity index (χ0n) is 9.25. The summed E-state index contributed by atoms with van der Waals surface area (Å²) in [5.41, 5.74) is 3.41. The molecule has 2 N–H and O–H groups in total. The second kappa shape index (κ2) is 3.96. The van der Waals surface area contributed by atoms with Crippen LogP contribution in [0.4, 0.5) is 0 Å². The first-order valence-corrected chi connectivity index (χ1v) is 6.06. The number of methoxy groups -OCH3 is 1. The summed E-state index contributed by atoms with van der Waals surface area (Å²) >= 11 is 3.53. The highest BCUT2D eigenvalue weighted by Gasteiger charge is 2.10. The van der Waals surface area contributed by atoms with Crippen molar-refractivity contribution in [2.24, 2.45) is 0 Å². The fourth-order valence-electron chi connectivity index (χ4n) is 2.00. The third-order valence-corrected chi connectivity index (χ3v) is 3.53. The lowest BCUT2D eigenvalue weighted by molar-refractivity contribution is 0.415. The summed E-state index contributed by atoms with van der Waals surface area (Å²) in [5.74, 6) is 0.866. The van der Waals surface area contributed by atoms with Crippen molar-refractivity contribution in [1.82, 2.24) is 9.97 Å². The molecule has 0 saturated carbocycles. The Morgan fingerprint density at radius 2 is 2.00 bits per heavy atom. The molecule has 0 atom stereocenters. The van der Waals surface area contributed by atoms with Crippen LogP contribution in [0.3, 0.4) is 0 Å². The van der Waals surface area contributed by atoms with E-state index in [1.165, 1.54) is 0 Å². The molecule has 3 rings (SSSR count). The van der Waals surface area contributed by atoms with E-state index in [0.717, 1.165) is 32.3 Å². The number of nitrogens with one attached hydrogen (secondary N) is 2. The molecule has 0 spiro atoms. The Balaban J connectivity index is 2.27. The summed E-state index contributed by atoms with van der Waals surface area (Å²) in [6.07, 6.45) is 5.92. The van der Waals surface area contributed by atoms with Crippen LogP contribution in [0.25, 0.3) is 22.0 Å². The van der Waals surface area contributed by atoms with E-state index < -0.39 is 0 Å². The number of halogens is 1. The molecule has 0 aliphatic heterocycles. The summed E-state index contributed by atoms with van der Waals surface area (Å²) < 4.78 is 6.32. The van der Waals surface area contributed by atoms with Crippen molar-refractivity contribution in [3.63, 3.8) is 0 Å². The number of hydrogen-bond donors (Lipinski definition) is 2. The molecule has 0 radical (unpaired) electrons. The SMILES string of the molecule is COc1ccc2[nH]cc(-c3c[nH]cc3Br)c2c1. The minimum Gasteiger partial charge on any atom is -0.497 e. The molecule has 0 saturated heterocycles. The van der Waals surface area contributed by atoms with Gasteiger partial charge in [0, 0.05) is 45.1 Å². The third kappa shape index (κ3) is 1.65.